The van der Waals surface area contributed by atoms with E-state index in [-0.39, 0.29) is 0 Å². The summed E-state index contributed by atoms with van der Waals surface area (Å²) < 4.78 is 21.6. The standard InChI is InChI=1S/C5H11NO3S/c1-5(2,3)4(7)6-10(8)9/h1-3H3,(H,6,7)(H,8,9)/p-1. The highest BCUT2D eigenvalue weighted by Crippen LogP contribution is 2.11. The van der Waals surface area contributed by atoms with Crippen LogP contribution < -0.4 is 4.72 Å². The second kappa shape index (κ2) is 3.12. The average Bonchev–Trinajstić information content (AvgIpc) is 1.60. The molecule has 1 atom stereocenters. The van der Waals surface area contributed by atoms with Gasteiger partial charge in [0.05, 0.1) is 0 Å². The maximum atomic E-state index is 10.8. The molecule has 0 fully saturated rings. The van der Waals surface area contributed by atoms with Crippen molar-refractivity contribution < 1.29 is 13.6 Å². The predicted molar refractivity (Wildman–Crippen MR) is 36.5 cm³/mol. The Morgan fingerprint density at radius 1 is 1.50 bits per heavy atom. The van der Waals surface area contributed by atoms with E-state index in [1.54, 1.807) is 25.5 Å². The third-order valence-corrected chi connectivity index (χ3v) is 1.21. The van der Waals surface area contributed by atoms with Crippen LogP contribution in [0.4, 0.5) is 0 Å². The van der Waals surface area contributed by atoms with Crippen molar-refractivity contribution in [2.24, 2.45) is 5.41 Å². The first-order valence-electron chi connectivity index (χ1n) is 2.74. The van der Waals surface area contributed by atoms with Gasteiger partial charge in [0.1, 0.15) is 0 Å². The number of rotatable bonds is 1. The molecule has 0 aliphatic carbocycles. The van der Waals surface area contributed by atoms with Crippen molar-refractivity contribution in [1.29, 1.82) is 0 Å². The minimum absolute atomic E-state index is 0.499. The minimum atomic E-state index is -2.49. The van der Waals surface area contributed by atoms with Gasteiger partial charge in [-0.1, -0.05) is 20.8 Å². The topological polar surface area (TPSA) is 69.2 Å². The molecule has 0 heterocycles. The van der Waals surface area contributed by atoms with Gasteiger partial charge in [-0.3, -0.25) is 13.7 Å². The fraction of sp³-hybridized carbons (Fsp3) is 0.800. The van der Waals surface area contributed by atoms with Crippen LogP contribution in [0.2, 0.25) is 0 Å². The largest absolute Gasteiger partial charge is 0.755 e. The minimum Gasteiger partial charge on any atom is -0.755 e. The molecule has 4 nitrogen and oxygen atoms in total. The van der Waals surface area contributed by atoms with Crippen LogP contribution in [-0.2, 0) is 16.1 Å². The molecule has 0 spiro atoms. The lowest BCUT2D eigenvalue weighted by molar-refractivity contribution is -0.126. The Labute approximate surface area is 62.4 Å². The average molecular weight is 164 g/mol. The van der Waals surface area contributed by atoms with Gasteiger partial charge in [0.15, 0.2) is 0 Å². The summed E-state index contributed by atoms with van der Waals surface area (Å²) in [6.45, 7) is 4.90. The van der Waals surface area contributed by atoms with E-state index in [0.29, 0.717) is 0 Å². The Morgan fingerprint density at radius 3 is 2.00 bits per heavy atom. The maximum absolute atomic E-state index is 10.8. The van der Waals surface area contributed by atoms with E-state index in [4.69, 9.17) is 0 Å². The Balaban J connectivity index is 3.99. The van der Waals surface area contributed by atoms with Gasteiger partial charge in [0.2, 0.25) is 5.91 Å². The Hall–Kier alpha value is -0.420. The second-order valence-corrected chi connectivity index (χ2v) is 3.59. The molecule has 0 radical (unpaired) electrons. The lowest BCUT2D eigenvalue weighted by Crippen LogP contribution is -2.35. The third kappa shape index (κ3) is 3.58. The highest BCUT2D eigenvalue weighted by molar-refractivity contribution is 7.77. The third-order valence-electron chi connectivity index (χ3n) is 0.857. The number of hydrogen-bond acceptors (Lipinski definition) is 3. The predicted octanol–water partition coefficient (Wildman–Crippen LogP) is -0.0572. The SMILES string of the molecule is CC(C)(C)C(=O)NS(=O)[O-]. The zero-order valence-electron chi connectivity index (χ0n) is 6.13. The molecule has 0 rings (SSSR count). The van der Waals surface area contributed by atoms with Gasteiger partial charge in [-0.15, -0.1) is 0 Å². The molecule has 0 saturated carbocycles. The first-order valence-corrected chi connectivity index (χ1v) is 3.82. The van der Waals surface area contributed by atoms with Crippen molar-refractivity contribution in [3.05, 3.63) is 0 Å². The summed E-state index contributed by atoms with van der Waals surface area (Å²) in [5.41, 5.74) is -0.653. The van der Waals surface area contributed by atoms with Crippen molar-refractivity contribution >= 4 is 17.2 Å². The summed E-state index contributed by atoms with van der Waals surface area (Å²) in [7, 11) is 0. The highest BCUT2D eigenvalue weighted by atomic mass is 32.2. The molecular formula is C5H10NO3S-. The summed E-state index contributed by atoms with van der Waals surface area (Å²) in [6, 6.07) is 0. The van der Waals surface area contributed by atoms with E-state index in [0.717, 1.165) is 0 Å². The van der Waals surface area contributed by atoms with Crippen LogP contribution in [0.15, 0.2) is 0 Å². The van der Waals surface area contributed by atoms with Crippen molar-refractivity contribution in [3.8, 4) is 0 Å². The summed E-state index contributed by atoms with van der Waals surface area (Å²) in [5, 5.41) is 0. The number of nitrogens with one attached hydrogen (secondary N) is 1. The van der Waals surface area contributed by atoms with Crippen LogP contribution in [0, 0.1) is 5.41 Å². The lowest BCUT2D eigenvalue weighted by Gasteiger charge is -2.18. The summed E-state index contributed by atoms with van der Waals surface area (Å²) in [5.74, 6) is -0.499. The smallest absolute Gasteiger partial charge is 0.236 e. The first-order chi connectivity index (χ1) is 4.34. The maximum Gasteiger partial charge on any atom is 0.236 e. The van der Waals surface area contributed by atoms with Crippen molar-refractivity contribution in [2.75, 3.05) is 0 Å². The zero-order valence-corrected chi connectivity index (χ0v) is 6.95. The Morgan fingerprint density at radius 2 is 1.90 bits per heavy atom. The van der Waals surface area contributed by atoms with Gasteiger partial charge in [-0.2, -0.15) is 0 Å². The van der Waals surface area contributed by atoms with Crippen molar-refractivity contribution in [2.45, 2.75) is 20.8 Å². The van der Waals surface area contributed by atoms with E-state index in [9.17, 15) is 13.6 Å². The molecule has 1 unspecified atom stereocenters. The second-order valence-electron chi connectivity index (χ2n) is 2.92. The molecule has 0 aromatic heterocycles. The van der Waals surface area contributed by atoms with Crippen LogP contribution >= 0.6 is 0 Å². The van der Waals surface area contributed by atoms with Crippen LogP contribution in [-0.4, -0.2) is 14.7 Å². The van der Waals surface area contributed by atoms with Crippen molar-refractivity contribution in [3.63, 3.8) is 0 Å². The van der Waals surface area contributed by atoms with Gasteiger partial charge in [0, 0.05) is 16.7 Å². The molecule has 0 aromatic carbocycles. The fourth-order valence-corrected chi connectivity index (χ4v) is 0.686. The van der Waals surface area contributed by atoms with Gasteiger partial charge in [0.25, 0.3) is 0 Å². The van der Waals surface area contributed by atoms with Gasteiger partial charge in [-0.05, 0) is 0 Å². The molecule has 60 valence electrons. The summed E-state index contributed by atoms with van der Waals surface area (Å²) >= 11 is -2.49. The van der Waals surface area contributed by atoms with Crippen LogP contribution in [0.5, 0.6) is 0 Å². The molecule has 5 heteroatoms. The van der Waals surface area contributed by atoms with Gasteiger partial charge in [-0.25, -0.2) is 0 Å². The van der Waals surface area contributed by atoms with Crippen LogP contribution in [0.1, 0.15) is 20.8 Å². The number of carbonyl (C=O) groups excluding carboxylic acids is 1. The van der Waals surface area contributed by atoms with Crippen LogP contribution in [0.25, 0.3) is 0 Å². The molecule has 1 N–H and O–H groups in total. The van der Waals surface area contributed by atoms with Gasteiger partial charge < -0.3 is 4.55 Å². The molecule has 10 heavy (non-hydrogen) atoms. The zero-order chi connectivity index (χ0) is 8.36. The number of hydrogen-bond donors (Lipinski definition) is 1. The van der Waals surface area contributed by atoms with Crippen molar-refractivity contribution in [1.82, 2.24) is 4.72 Å². The first kappa shape index (κ1) is 9.58. The molecule has 1 amide bonds. The number of amides is 1. The van der Waals surface area contributed by atoms with E-state index >= 15 is 0 Å². The molecule has 0 aromatic rings. The van der Waals surface area contributed by atoms with E-state index in [2.05, 4.69) is 0 Å². The fourth-order valence-electron chi connectivity index (χ4n) is 0.229. The molecule has 0 bridgehead atoms. The van der Waals surface area contributed by atoms with E-state index < -0.39 is 22.6 Å². The Kier molecular flexibility index (Phi) is 2.98. The molecule has 0 aliphatic heterocycles. The lowest BCUT2D eigenvalue weighted by atomic mass is 9.96. The number of carbonyl (C=O) groups is 1. The highest BCUT2D eigenvalue weighted by Gasteiger charge is 2.20. The molecule has 0 saturated heterocycles. The monoisotopic (exact) mass is 164 g/mol. The summed E-state index contributed by atoms with van der Waals surface area (Å²) in [4.78, 5) is 10.8. The van der Waals surface area contributed by atoms with E-state index in [1.807, 2.05) is 0 Å². The molecular weight excluding hydrogens is 154 g/mol. The molecule has 0 aliphatic rings. The van der Waals surface area contributed by atoms with Crippen LogP contribution in [0.3, 0.4) is 0 Å². The quantitative estimate of drug-likeness (QED) is 0.552. The van der Waals surface area contributed by atoms with E-state index in [1.165, 1.54) is 0 Å². The summed E-state index contributed by atoms with van der Waals surface area (Å²) in [6.07, 6.45) is 0. The Bertz CT molecular complexity index is 161. The normalized spacial score (nSPS) is 14.4. The van der Waals surface area contributed by atoms with Gasteiger partial charge >= 0.3 is 0 Å².